The summed E-state index contributed by atoms with van der Waals surface area (Å²) in [5.41, 5.74) is 5.34. The predicted octanol–water partition coefficient (Wildman–Crippen LogP) is 2.98. The second-order valence-electron chi connectivity index (χ2n) is 4.48. The van der Waals surface area contributed by atoms with Crippen molar-refractivity contribution in [3.8, 4) is 0 Å². The summed E-state index contributed by atoms with van der Waals surface area (Å²) in [7, 11) is 0. The van der Waals surface area contributed by atoms with Crippen molar-refractivity contribution in [1.82, 2.24) is 0 Å². The van der Waals surface area contributed by atoms with Gasteiger partial charge in [-0.25, -0.2) is 0 Å². The molecule has 2 nitrogen and oxygen atoms in total. The Labute approximate surface area is 96.4 Å². The Morgan fingerprint density at radius 3 is 2.80 bits per heavy atom. The largest absolute Gasteiger partial charge is 0.370 e. The Morgan fingerprint density at radius 1 is 1.53 bits per heavy atom. The molecule has 1 aromatic rings. The van der Waals surface area contributed by atoms with Gasteiger partial charge in [0.25, 0.3) is 0 Å². The van der Waals surface area contributed by atoms with Crippen molar-refractivity contribution >= 4 is 11.3 Å². The van der Waals surface area contributed by atoms with E-state index in [0.717, 1.165) is 19.6 Å². The molecule has 0 aliphatic carbocycles. The summed E-state index contributed by atoms with van der Waals surface area (Å²) in [4.78, 5) is 1.28. The predicted molar refractivity (Wildman–Crippen MR) is 66.1 cm³/mol. The number of hydrogen-bond donors (Lipinski definition) is 1. The van der Waals surface area contributed by atoms with Crippen molar-refractivity contribution in [2.75, 3.05) is 13.2 Å². The summed E-state index contributed by atoms with van der Waals surface area (Å²) in [6.07, 6.45) is 1.03. The van der Waals surface area contributed by atoms with Crippen molar-refractivity contribution in [1.29, 1.82) is 0 Å². The minimum atomic E-state index is -0.170. The molecule has 1 aromatic heterocycles. The molecule has 0 aliphatic heterocycles. The molecule has 0 aliphatic rings. The number of thiophene rings is 1. The Bertz CT molecular complexity index is 269. The third kappa shape index (κ3) is 3.93. The molecule has 1 heterocycles. The third-order valence-electron chi connectivity index (χ3n) is 2.50. The zero-order valence-electron chi connectivity index (χ0n) is 9.82. The first-order chi connectivity index (χ1) is 7.06. The lowest BCUT2D eigenvalue weighted by atomic mass is 10.1. The molecule has 0 saturated carbocycles. The van der Waals surface area contributed by atoms with Crippen molar-refractivity contribution in [2.24, 2.45) is 11.7 Å². The molecule has 0 aromatic carbocycles. The molecule has 86 valence electrons. The van der Waals surface area contributed by atoms with Gasteiger partial charge in [0.05, 0.1) is 12.2 Å². The van der Waals surface area contributed by atoms with Crippen molar-refractivity contribution in [3.05, 3.63) is 22.4 Å². The van der Waals surface area contributed by atoms with Gasteiger partial charge in [-0.2, -0.15) is 0 Å². The first kappa shape index (κ1) is 12.7. The SMILES string of the molecule is CC(CCN)COC(C)(C)c1cccs1. The van der Waals surface area contributed by atoms with Crippen LogP contribution in [0.1, 0.15) is 32.1 Å². The highest BCUT2D eigenvalue weighted by Crippen LogP contribution is 2.29. The molecule has 0 saturated heterocycles. The summed E-state index contributed by atoms with van der Waals surface area (Å²) in [5, 5.41) is 2.09. The van der Waals surface area contributed by atoms with E-state index in [1.165, 1.54) is 4.88 Å². The summed E-state index contributed by atoms with van der Waals surface area (Å²) >= 11 is 1.75. The van der Waals surface area contributed by atoms with Crippen LogP contribution < -0.4 is 5.73 Å². The Kier molecular flexibility index (Phi) is 4.77. The van der Waals surface area contributed by atoms with Gasteiger partial charge in [0.15, 0.2) is 0 Å². The smallest absolute Gasteiger partial charge is 0.0966 e. The normalized spacial score (nSPS) is 14.1. The summed E-state index contributed by atoms with van der Waals surface area (Å²) in [5.74, 6) is 0.536. The highest BCUT2D eigenvalue weighted by atomic mass is 32.1. The lowest BCUT2D eigenvalue weighted by Gasteiger charge is -2.26. The van der Waals surface area contributed by atoms with Gasteiger partial charge in [-0.3, -0.25) is 0 Å². The van der Waals surface area contributed by atoms with Crippen LogP contribution in [0.3, 0.4) is 0 Å². The van der Waals surface area contributed by atoms with Gasteiger partial charge in [0, 0.05) is 4.88 Å². The van der Waals surface area contributed by atoms with Crippen LogP contribution in [0.2, 0.25) is 0 Å². The van der Waals surface area contributed by atoms with Gasteiger partial charge in [0.2, 0.25) is 0 Å². The van der Waals surface area contributed by atoms with E-state index in [1.54, 1.807) is 11.3 Å². The lowest BCUT2D eigenvalue weighted by molar-refractivity contribution is -0.0354. The molecule has 3 heteroatoms. The van der Waals surface area contributed by atoms with E-state index in [4.69, 9.17) is 10.5 Å². The van der Waals surface area contributed by atoms with E-state index in [0.29, 0.717) is 5.92 Å². The Hall–Kier alpha value is -0.380. The number of rotatable bonds is 6. The van der Waals surface area contributed by atoms with Crippen LogP contribution in [-0.2, 0) is 10.3 Å². The van der Waals surface area contributed by atoms with E-state index in [1.807, 2.05) is 0 Å². The molecule has 1 atom stereocenters. The summed E-state index contributed by atoms with van der Waals surface area (Å²) < 4.78 is 5.94. The monoisotopic (exact) mass is 227 g/mol. The molecular formula is C12H21NOS. The average Bonchev–Trinajstić information content (AvgIpc) is 2.69. The maximum absolute atomic E-state index is 5.94. The van der Waals surface area contributed by atoms with Gasteiger partial charge >= 0.3 is 0 Å². The Balaban J connectivity index is 2.43. The second-order valence-corrected chi connectivity index (χ2v) is 5.43. The third-order valence-corrected chi connectivity index (χ3v) is 3.68. The van der Waals surface area contributed by atoms with Crippen LogP contribution in [0.25, 0.3) is 0 Å². The van der Waals surface area contributed by atoms with Crippen molar-refractivity contribution in [2.45, 2.75) is 32.8 Å². The fourth-order valence-corrected chi connectivity index (χ4v) is 2.21. The van der Waals surface area contributed by atoms with Gasteiger partial charge < -0.3 is 10.5 Å². The van der Waals surface area contributed by atoms with Crippen molar-refractivity contribution < 1.29 is 4.74 Å². The molecule has 2 N–H and O–H groups in total. The highest BCUT2D eigenvalue weighted by Gasteiger charge is 2.22. The lowest BCUT2D eigenvalue weighted by Crippen LogP contribution is -2.24. The molecule has 1 rings (SSSR count). The number of nitrogens with two attached hydrogens (primary N) is 1. The van der Waals surface area contributed by atoms with Crippen molar-refractivity contribution in [3.63, 3.8) is 0 Å². The zero-order chi connectivity index (χ0) is 11.3. The fraction of sp³-hybridized carbons (Fsp3) is 0.667. The molecule has 0 fully saturated rings. The van der Waals surface area contributed by atoms with E-state index >= 15 is 0 Å². The molecule has 0 spiro atoms. The van der Waals surface area contributed by atoms with Gasteiger partial charge in [0.1, 0.15) is 0 Å². The Morgan fingerprint density at radius 2 is 2.27 bits per heavy atom. The average molecular weight is 227 g/mol. The second kappa shape index (κ2) is 5.64. The zero-order valence-corrected chi connectivity index (χ0v) is 10.6. The maximum atomic E-state index is 5.94. The van der Waals surface area contributed by atoms with Crippen LogP contribution in [0.5, 0.6) is 0 Å². The van der Waals surface area contributed by atoms with Crippen LogP contribution in [0, 0.1) is 5.92 Å². The van der Waals surface area contributed by atoms with E-state index in [9.17, 15) is 0 Å². The number of ether oxygens (including phenoxy) is 1. The standard InChI is InChI=1S/C12H21NOS/c1-10(6-7-13)9-14-12(2,3)11-5-4-8-15-11/h4-5,8,10H,6-7,9,13H2,1-3H3. The molecular weight excluding hydrogens is 206 g/mol. The van der Waals surface area contributed by atoms with E-state index in [2.05, 4.69) is 38.3 Å². The first-order valence-corrected chi connectivity index (χ1v) is 6.32. The van der Waals surface area contributed by atoms with Gasteiger partial charge in [-0.05, 0) is 44.2 Å². The van der Waals surface area contributed by atoms with E-state index in [-0.39, 0.29) is 5.60 Å². The number of hydrogen-bond acceptors (Lipinski definition) is 3. The first-order valence-electron chi connectivity index (χ1n) is 5.44. The summed E-state index contributed by atoms with van der Waals surface area (Å²) in [6, 6.07) is 4.19. The molecule has 0 bridgehead atoms. The van der Waals surface area contributed by atoms with Crippen LogP contribution >= 0.6 is 11.3 Å². The van der Waals surface area contributed by atoms with Crippen LogP contribution in [0.4, 0.5) is 0 Å². The fourth-order valence-electron chi connectivity index (χ4n) is 1.41. The van der Waals surface area contributed by atoms with Gasteiger partial charge in [-0.15, -0.1) is 11.3 Å². The molecule has 0 radical (unpaired) electrons. The summed E-state index contributed by atoms with van der Waals surface area (Å²) in [6.45, 7) is 7.94. The molecule has 1 unspecified atom stereocenters. The van der Waals surface area contributed by atoms with Crippen LogP contribution in [0.15, 0.2) is 17.5 Å². The van der Waals surface area contributed by atoms with Crippen LogP contribution in [-0.4, -0.2) is 13.2 Å². The van der Waals surface area contributed by atoms with E-state index < -0.39 is 0 Å². The molecule has 15 heavy (non-hydrogen) atoms. The molecule has 0 amide bonds. The van der Waals surface area contributed by atoms with Gasteiger partial charge in [-0.1, -0.05) is 13.0 Å². The quantitative estimate of drug-likeness (QED) is 0.811. The topological polar surface area (TPSA) is 35.2 Å². The maximum Gasteiger partial charge on any atom is 0.0966 e. The highest BCUT2D eigenvalue weighted by molar-refractivity contribution is 7.10. The minimum Gasteiger partial charge on any atom is -0.370 e. The minimum absolute atomic E-state index is 0.170.